The van der Waals surface area contributed by atoms with Crippen molar-refractivity contribution in [1.82, 2.24) is 14.9 Å². The zero-order chi connectivity index (χ0) is 12.9. The van der Waals surface area contributed by atoms with E-state index in [0.717, 1.165) is 17.5 Å². The maximum Gasteiger partial charge on any atom is 0.237 e. The summed E-state index contributed by atoms with van der Waals surface area (Å²) in [5, 5.41) is 4.09. The lowest BCUT2D eigenvalue weighted by atomic mass is 9.98. The van der Waals surface area contributed by atoms with Crippen molar-refractivity contribution in [3.8, 4) is 0 Å². The molecule has 0 aliphatic rings. The summed E-state index contributed by atoms with van der Waals surface area (Å²) in [4.78, 5) is 15.6. The molecule has 0 aromatic carbocycles. The molecular formula is C11H20N4OS. The van der Waals surface area contributed by atoms with E-state index < -0.39 is 5.54 Å². The number of imidazole rings is 1. The van der Waals surface area contributed by atoms with Crippen LogP contribution in [0.25, 0.3) is 0 Å². The van der Waals surface area contributed by atoms with Crippen molar-refractivity contribution in [3.63, 3.8) is 0 Å². The third kappa shape index (κ3) is 3.74. The third-order valence-electron chi connectivity index (χ3n) is 2.72. The van der Waals surface area contributed by atoms with Gasteiger partial charge in [0.15, 0.2) is 5.16 Å². The van der Waals surface area contributed by atoms with Crippen LogP contribution in [0.3, 0.4) is 0 Å². The lowest BCUT2D eigenvalue weighted by Crippen LogP contribution is -2.53. The van der Waals surface area contributed by atoms with Gasteiger partial charge >= 0.3 is 0 Å². The zero-order valence-corrected chi connectivity index (χ0v) is 11.4. The SMILES string of the molecule is CCNC(C)(CCSc1nccn1C)C(N)=O. The first-order valence-corrected chi connectivity index (χ1v) is 6.63. The Kier molecular flexibility index (Phi) is 5.02. The van der Waals surface area contributed by atoms with Gasteiger partial charge in [-0.1, -0.05) is 18.7 Å². The monoisotopic (exact) mass is 256 g/mol. The van der Waals surface area contributed by atoms with Crippen LogP contribution < -0.4 is 11.1 Å². The van der Waals surface area contributed by atoms with Crippen LogP contribution in [0.1, 0.15) is 20.3 Å². The number of aryl methyl sites for hydroxylation is 1. The van der Waals surface area contributed by atoms with E-state index in [-0.39, 0.29) is 5.91 Å². The fourth-order valence-corrected chi connectivity index (χ4v) is 2.62. The molecule has 5 nitrogen and oxygen atoms in total. The summed E-state index contributed by atoms with van der Waals surface area (Å²) in [6.45, 7) is 4.54. The van der Waals surface area contributed by atoms with E-state index in [4.69, 9.17) is 5.73 Å². The smallest absolute Gasteiger partial charge is 0.237 e. The number of carbonyl (C=O) groups excluding carboxylic acids is 1. The Labute approximate surface area is 106 Å². The highest BCUT2D eigenvalue weighted by atomic mass is 32.2. The molecule has 17 heavy (non-hydrogen) atoms. The standard InChI is InChI=1S/C11H20N4OS/c1-4-14-11(2,9(12)16)5-8-17-10-13-6-7-15(10)3/h6-7,14H,4-5,8H2,1-3H3,(H2,12,16). The molecule has 1 amide bonds. The molecule has 3 N–H and O–H groups in total. The average Bonchev–Trinajstić information content (AvgIpc) is 2.65. The number of nitrogens with zero attached hydrogens (tertiary/aromatic N) is 2. The molecule has 0 radical (unpaired) electrons. The maximum atomic E-state index is 11.4. The lowest BCUT2D eigenvalue weighted by molar-refractivity contribution is -0.123. The number of aromatic nitrogens is 2. The predicted octanol–water partition coefficient (Wildman–Crippen LogP) is 0.756. The van der Waals surface area contributed by atoms with Crippen LogP contribution in [0.2, 0.25) is 0 Å². The van der Waals surface area contributed by atoms with Crippen LogP contribution >= 0.6 is 11.8 Å². The number of rotatable bonds is 7. The van der Waals surface area contributed by atoms with Crippen molar-refractivity contribution in [1.29, 1.82) is 0 Å². The number of carbonyl (C=O) groups is 1. The van der Waals surface area contributed by atoms with Gasteiger partial charge in [0.05, 0.1) is 5.54 Å². The third-order valence-corrected chi connectivity index (χ3v) is 3.78. The van der Waals surface area contributed by atoms with Crippen LogP contribution in [0.15, 0.2) is 17.6 Å². The first-order valence-electron chi connectivity index (χ1n) is 5.64. The number of nitrogens with two attached hydrogens (primary N) is 1. The summed E-state index contributed by atoms with van der Waals surface area (Å²) in [6.07, 6.45) is 4.35. The summed E-state index contributed by atoms with van der Waals surface area (Å²) < 4.78 is 1.96. The van der Waals surface area contributed by atoms with E-state index in [2.05, 4.69) is 10.3 Å². The van der Waals surface area contributed by atoms with E-state index in [1.54, 1.807) is 18.0 Å². The Morgan fingerprint density at radius 3 is 2.88 bits per heavy atom. The number of primary amides is 1. The molecule has 1 unspecified atom stereocenters. The Morgan fingerprint density at radius 1 is 1.71 bits per heavy atom. The van der Waals surface area contributed by atoms with E-state index >= 15 is 0 Å². The first kappa shape index (κ1) is 14.1. The van der Waals surface area contributed by atoms with Gasteiger partial charge in [-0.15, -0.1) is 0 Å². The van der Waals surface area contributed by atoms with Crippen molar-refractivity contribution in [2.75, 3.05) is 12.3 Å². The largest absolute Gasteiger partial charge is 0.368 e. The van der Waals surface area contributed by atoms with Gasteiger partial charge in [-0.2, -0.15) is 0 Å². The fraction of sp³-hybridized carbons (Fsp3) is 0.636. The normalized spacial score (nSPS) is 14.5. The zero-order valence-electron chi connectivity index (χ0n) is 10.6. The van der Waals surface area contributed by atoms with E-state index in [0.29, 0.717) is 6.42 Å². The minimum Gasteiger partial charge on any atom is -0.368 e. The summed E-state index contributed by atoms with van der Waals surface area (Å²) in [6, 6.07) is 0. The highest BCUT2D eigenvalue weighted by Crippen LogP contribution is 2.19. The summed E-state index contributed by atoms with van der Waals surface area (Å²) >= 11 is 1.63. The van der Waals surface area contributed by atoms with Crippen LogP contribution in [0.4, 0.5) is 0 Å². The number of amides is 1. The number of thioether (sulfide) groups is 1. The van der Waals surface area contributed by atoms with Crippen LogP contribution in [0, 0.1) is 0 Å². The van der Waals surface area contributed by atoms with Gasteiger partial charge in [0.1, 0.15) is 0 Å². The van der Waals surface area contributed by atoms with Gasteiger partial charge in [-0.3, -0.25) is 4.79 Å². The van der Waals surface area contributed by atoms with Crippen molar-refractivity contribution in [3.05, 3.63) is 12.4 Å². The summed E-state index contributed by atoms with van der Waals surface area (Å²) in [7, 11) is 1.95. The second-order valence-electron chi connectivity index (χ2n) is 4.15. The molecule has 0 aliphatic heterocycles. The number of likely N-dealkylation sites (N-methyl/N-ethyl adjacent to an activating group) is 1. The average molecular weight is 256 g/mol. The molecule has 1 aromatic heterocycles. The Bertz CT molecular complexity index is 379. The molecule has 1 atom stereocenters. The van der Waals surface area contributed by atoms with Gasteiger partial charge < -0.3 is 15.6 Å². The Morgan fingerprint density at radius 2 is 2.41 bits per heavy atom. The molecule has 0 saturated carbocycles. The first-order chi connectivity index (χ1) is 7.99. The van der Waals surface area contributed by atoms with Crippen molar-refractivity contribution < 1.29 is 4.79 Å². The lowest BCUT2D eigenvalue weighted by Gasteiger charge is -2.26. The predicted molar refractivity (Wildman–Crippen MR) is 69.8 cm³/mol. The topological polar surface area (TPSA) is 72.9 Å². The number of nitrogens with one attached hydrogen (secondary N) is 1. The van der Waals surface area contributed by atoms with E-state index in [1.165, 1.54) is 0 Å². The molecular weight excluding hydrogens is 236 g/mol. The van der Waals surface area contributed by atoms with Gasteiger partial charge in [-0.05, 0) is 19.9 Å². The fourth-order valence-electron chi connectivity index (χ4n) is 1.53. The molecule has 6 heteroatoms. The van der Waals surface area contributed by atoms with Gasteiger partial charge in [-0.25, -0.2) is 4.98 Å². The Balaban J connectivity index is 2.48. The number of hydrogen-bond donors (Lipinski definition) is 2. The quantitative estimate of drug-likeness (QED) is 0.706. The minimum absolute atomic E-state index is 0.306. The summed E-state index contributed by atoms with van der Waals surface area (Å²) in [5.74, 6) is 0.497. The molecule has 1 heterocycles. The van der Waals surface area contributed by atoms with Gasteiger partial charge in [0.25, 0.3) is 0 Å². The highest BCUT2D eigenvalue weighted by Gasteiger charge is 2.29. The van der Waals surface area contributed by atoms with E-state index in [9.17, 15) is 4.79 Å². The molecule has 1 rings (SSSR count). The summed E-state index contributed by atoms with van der Waals surface area (Å²) in [5.41, 5.74) is 4.78. The minimum atomic E-state index is -0.632. The molecule has 1 aromatic rings. The molecule has 0 spiro atoms. The number of hydrogen-bond acceptors (Lipinski definition) is 4. The molecule has 96 valence electrons. The molecule has 0 bridgehead atoms. The van der Waals surface area contributed by atoms with Crippen molar-refractivity contribution in [2.24, 2.45) is 12.8 Å². The van der Waals surface area contributed by atoms with Crippen LogP contribution in [-0.2, 0) is 11.8 Å². The molecule has 0 fully saturated rings. The molecule has 0 aliphatic carbocycles. The van der Waals surface area contributed by atoms with Crippen molar-refractivity contribution >= 4 is 17.7 Å². The van der Waals surface area contributed by atoms with Crippen molar-refractivity contribution in [2.45, 2.75) is 31.0 Å². The Hall–Kier alpha value is -1.01. The van der Waals surface area contributed by atoms with Crippen LogP contribution in [-0.4, -0.2) is 33.3 Å². The molecule has 0 saturated heterocycles. The van der Waals surface area contributed by atoms with Crippen LogP contribution in [0.5, 0.6) is 0 Å². The van der Waals surface area contributed by atoms with Gasteiger partial charge in [0, 0.05) is 25.2 Å². The second kappa shape index (κ2) is 6.07. The van der Waals surface area contributed by atoms with E-state index in [1.807, 2.05) is 31.7 Å². The van der Waals surface area contributed by atoms with Gasteiger partial charge in [0.2, 0.25) is 5.91 Å². The maximum absolute atomic E-state index is 11.4. The highest BCUT2D eigenvalue weighted by molar-refractivity contribution is 7.99. The second-order valence-corrected chi connectivity index (χ2v) is 5.21.